The van der Waals surface area contributed by atoms with Crippen LogP contribution in [0, 0.1) is 0 Å². The molecule has 1 saturated heterocycles. The van der Waals surface area contributed by atoms with Crippen molar-refractivity contribution in [2.75, 3.05) is 32.7 Å². The highest BCUT2D eigenvalue weighted by molar-refractivity contribution is 14.0. The lowest BCUT2D eigenvalue weighted by molar-refractivity contribution is 0.251. The summed E-state index contributed by atoms with van der Waals surface area (Å²) in [4.78, 5) is 7.34. The quantitative estimate of drug-likeness (QED) is 0.426. The summed E-state index contributed by atoms with van der Waals surface area (Å²) in [5.74, 6) is 0.917. The maximum atomic E-state index is 4.78. The highest BCUT2D eigenvalue weighted by atomic mass is 127. The van der Waals surface area contributed by atoms with E-state index in [0.717, 1.165) is 25.6 Å². The van der Waals surface area contributed by atoms with Crippen molar-refractivity contribution < 1.29 is 0 Å². The van der Waals surface area contributed by atoms with Gasteiger partial charge in [0, 0.05) is 13.1 Å². The van der Waals surface area contributed by atoms with Gasteiger partial charge < -0.3 is 10.6 Å². The van der Waals surface area contributed by atoms with Crippen LogP contribution in [-0.2, 0) is 0 Å². The van der Waals surface area contributed by atoms with E-state index in [2.05, 4.69) is 59.7 Å². The summed E-state index contributed by atoms with van der Waals surface area (Å²) < 4.78 is 0. The lowest BCUT2D eigenvalue weighted by Crippen LogP contribution is -2.38. The first-order valence-electron chi connectivity index (χ1n) is 8.16. The second-order valence-corrected chi connectivity index (χ2v) is 5.42. The van der Waals surface area contributed by atoms with Gasteiger partial charge in [0.2, 0.25) is 0 Å². The first kappa shape index (κ1) is 19.2. The van der Waals surface area contributed by atoms with E-state index in [1.165, 1.54) is 31.5 Å². The van der Waals surface area contributed by atoms with Crippen molar-refractivity contribution in [1.29, 1.82) is 0 Å². The Morgan fingerprint density at radius 1 is 1.09 bits per heavy atom. The third-order valence-corrected chi connectivity index (χ3v) is 3.88. The summed E-state index contributed by atoms with van der Waals surface area (Å²) in [6.07, 6.45) is 2.61. The highest BCUT2D eigenvalue weighted by Gasteiger charge is 2.23. The second-order valence-electron chi connectivity index (χ2n) is 5.42. The van der Waals surface area contributed by atoms with Crippen LogP contribution in [0.5, 0.6) is 0 Å². The van der Waals surface area contributed by atoms with Crippen molar-refractivity contribution in [3.05, 3.63) is 35.9 Å². The van der Waals surface area contributed by atoms with Crippen molar-refractivity contribution in [2.45, 2.75) is 32.7 Å². The van der Waals surface area contributed by atoms with E-state index in [1.54, 1.807) is 0 Å². The van der Waals surface area contributed by atoms with Crippen LogP contribution in [0.2, 0.25) is 0 Å². The number of benzene rings is 1. The molecule has 124 valence electrons. The van der Waals surface area contributed by atoms with E-state index in [0.29, 0.717) is 6.04 Å². The SMILES string of the molecule is CCNC(=NCC(c1ccccc1)N1CCCC1)NCC.I. The summed E-state index contributed by atoms with van der Waals surface area (Å²) in [6.45, 7) is 9.17. The summed E-state index contributed by atoms with van der Waals surface area (Å²) >= 11 is 0. The van der Waals surface area contributed by atoms with Crippen LogP contribution in [0.3, 0.4) is 0 Å². The van der Waals surface area contributed by atoms with Crippen molar-refractivity contribution in [3.8, 4) is 0 Å². The molecule has 22 heavy (non-hydrogen) atoms. The van der Waals surface area contributed by atoms with Gasteiger partial charge in [0.05, 0.1) is 12.6 Å². The molecule has 1 fully saturated rings. The summed E-state index contributed by atoms with van der Waals surface area (Å²) in [7, 11) is 0. The van der Waals surface area contributed by atoms with Crippen molar-refractivity contribution in [2.24, 2.45) is 4.99 Å². The number of aliphatic imine (C=N–C) groups is 1. The molecule has 0 radical (unpaired) electrons. The van der Waals surface area contributed by atoms with Gasteiger partial charge in [-0.3, -0.25) is 9.89 Å². The first-order valence-corrected chi connectivity index (χ1v) is 8.16. The van der Waals surface area contributed by atoms with Crippen molar-refractivity contribution in [3.63, 3.8) is 0 Å². The van der Waals surface area contributed by atoms with Gasteiger partial charge in [-0.1, -0.05) is 30.3 Å². The Bertz CT molecular complexity index is 422. The molecule has 4 nitrogen and oxygen atoms in total. The molecule has 1 atom stereocenters. The van der Waals surface area contributed by atoms with Crippen molar-refractivity contribution in [1.82, 2.24) is 15.5 Å². The maximum absolute atomic E-state index is 4.78. The normalized spacial score (nSPS) is 15.7. The summed E-state index contributed by atoms with van der Waals surface area (Å²) in [6, 6.07) is 11.2. The van der Waals surface area contributed by atoms with Gasteiger partial charge in [0.1, 0.15) is 0 Å². The average Bonchev–Trinajstić information content (AvgIpc) is 3.03. The Morgan fingerprint density at radius 2 is 1.68 bits per heavy atom. The Morgan fingerprint density at radius 3 is 2.23 bits per heavy atom. The highest BCUT2D eigenvalue weighted by Crippen LogP contribution is 2.25. The zero-order valence-corrected chi connectivity index (χ0v) is 16.0. The number of hydrogen-bond acceptors (Lipinski definition) is 2. The van der Waals surface area contributed by atoms with E-state index in [-0.39, 0.29) is 24.0 Å². The van der Waals surface area contributed by atoms with Gasteiger partial charge in [-0.2, -0.15) is 0 Å². The van der Waals surface area contributed by atoms with E-state index in [4.69, 9.17) is 4.99 Å². The predicted molar refractivity (Wildman–Crippen MR) is 105 cm³/mol. The molecule has 0 saturated carbocycles. The number of guanidine groups is 1. The summed E-state index contributed by atoms with van der Waals surface area (Å²) in [5, 5.41) is 6.60. The van der Waals surface area contributed by atoms with E-state index < -0.39 is 0 Å². The number of hydrogen-bond donors (Lipinski definition) is 2. The fraction of sp³-hybridized carbons (Fsp3) is 0.588. The Balaban J connectivity index is 0.00000242. The Labute approximate surface area is 151 Å². The third kappa shape index (κ3) is 5.76. The summed E-state index contributed by atoms with van der Waals surface area (Å²) in [5.41, 5.74) is 1.37. The Hall–Kier alpha value is -0.820. The van der Waals surface area contributed by atoms with Crippen LogP contribution in [0.1, 0.15) is 38.3 Å². The minimum Gasteiger partial charge on any atom is -0.357 e. The van der Waals surface area contributed by atoms with Crippen LogP contribution < -0.4 is 10.6 Å². The Kier molecular flexibility index (Phi) is 9.47. The van der Waals surface area contributed by atoms with E-state index in [9.17, 15) is 0 Å². The minimum atomic E-state index is 0. The topological polar surface area (TPSA) is 39.7 Å². The smallest absolute Gasteiger partial charge is 0.191 e. The van der Waals surface area contributed by atoms with Crippen molar-refractivity contribution >= 4 is 29.9 Å². The van der Waals surface area contributed by atoms with E-state index in [1.807, 2.05) is 0 Å². The molecule has 2 N–H and O–H groups in total. The molecule has 0 amide bonds. The number of rotatable bonds is 6. The van der Waals surface area contributed by atoms with Gasteiger partial charge in [-0.25, -0.2) is 0 Å². The molecule has 0 bridgehead atoms. The lowest BCUT2D eigenvalue weighted by atomic mass is 10.1. The molecule has 1 aromatic carbocycles. The largest absolute Gasteiger partial charge is 0.357 e. The van der Waals surface area contributed by atoms with Crippen LogP contribution >= 0.6 is 24.0 Å². The minimum absolute atomic E-state index is 0. The molecule has 1 aliphatic heterocycles. The molecule has 1 heterocycles. The number of nitrogens with one attached hydrogen (secondary N) is 2. The lowest BCUT2D eigenvalue weighted by Gasteiger charge is -2.27. The first-order chi connectivity index (χ1) is 10.3. The monoisotopic (exact) mass is 416 g/mol. The van der Waals surface area contributed by atoms with Crippen LogP contribution in [0.25, 0.3) is 0 Å². The second kappa shape index (κ2) is 10.8. The van der Waals surface area contributed by atoms with Crippen LogP contribution in [0.15, 0.2) is 35.3 Å². The standard InChI is InChI=1S/C17H28N4.HI/c1-3-18-17(19-4-2)20-14-16(21-12-8-9-13-21)15-10-6-5-7-11-15;/h5-7,10-11,16H,3-4,8-9,12-14H2,1-2H3,(H2,18,19,20);1H. The van der Waals surface area contributed by atoms with Gasteiger partial charge in [-0.05, 0) is 45.3 Å². The molecule has 1 unspecified atom stereocenters. The van der Waals surface area contributed by atoms with Crippen LogP contribution in [-0.4, -0.2) is 43.6 Å². The molecular formula is C17H29IN4. The molecule has 1 aromatic rings. The van der Waals surface area contributed by atoms with Gasteiger partial charge in [0.15, 0.2) is 5.96 Å². The molecule has 0 aromatic heterocycles. The number of nitrogens with zero attached hydrogens (tertiary/aromatic N) is 2. The molecule has 0 spiro atoms. The fourth-order valence-electron chi connectivity index (χ4n) is 2.85. The van der Waals surface area contributed by atoms with Crippen LogP contribution in [0.4, 0.5) is 0 Å². The molecular weight excluding hydrogens is 387 g/mol. The molecule has 1 aliphatic rings. The zero-order chi connectivity index (χ0) is 14.9. The van der Waals surface area contributed by atoms with Gasteiger partial charge >= 0.3 is 0 Å². The maximum Gasteiger partial charge on any atom is 0.191 e. The average molecular weight is 416 g/mol. The molecule has 2 rings (SSSR count). The van der Waals surface area contributed by atoms with Gasteiger partial charge in [0.25, 0.3) is 0 Å². The van der Waals surface area contributed by atoms with E-state index >= 15 is 0 Å². The zero-order valence-electron chi connectivity index (χ0n) is 13.7. The molecule has 5 heteroatoms. The molecule has 0 aliphatic carbocycles. The number of halogens is 1. The predicted octanol–water partition coefficient (Wildman–Crippen LogP) is 3.02. The fourth-order valence-corrected chi connectivity index (χ4v) is 2.85. The number of likely N-dealkylation sites (tertiary alicyclic amines) is 1. The third-order valence-electron chi connectivity index (χ3n) is 3.88. The van der Waals surface area contributed by atoms with Gasteiger partial charge in [-0.15, -0.1) is 24.0 Å².